The molecule has 0 saturated heterocycles. The van der Waals surface area contributed by atoms with Gasteiger partial charge in [0.15, 0.2) is 0 Å². The second-order valence-electron chi connectivity index (χ2n) is 7.61. The maximum Gasteiger partial charge on any atom is 0.231 e. The molecule has 0 aromatic heterocycles. The highest BCUT2D eigenvalue weighted by atomic mass is 16.2. The van der Waals surface area contributed by atoms with Crippen LogP contribution in [0.2, 0.25) is 0 Å². The molecule has 0 N–H and O–H groups in total. The van der Waals surface area contributed by atoms with E-state index < -0.39 is 0 Å². The molecule has 1 fully saturated rings. The van der Waals surface area contributed by atoms with Gasteiger partial charge in [0.2, 0.25) is 11.8 Å². The average molecular weight is 399 g/mol. The normalized spacial score (nSPS) is 17.2. The molecule has 1 saturated carbocycles. The van der Waals surface area contributed by atoms with Crippen LogP contribution in [-0.4, -0.2) is 18.4 Å². The SMILES string of the molecule is CCN(C(=O)C1CC1C(=O)N(Cc1ccccc1)c1ccccc1)c1ccccc1. The average Bonchev–Trinajstić information content (AvgIpc) is 3.61. The molecule has 1 aliphatic rings. The van der Waals surface area contributed by atoms with Crippen molar-refractivity contribution in [1.29, 1.82) is 0 Å². The van der Waals surface area contributed by atoms with Crippen LogP contribution in [0.25, 0.3) is 0 Å². The Hall–Kier alpha value is -3.40. The number of anilines is 2. The molecule has 1 aliphatic carbocycles. The molecule has 0 heterocycles. The Morgan fingerprint density at radius 1 is 0.700 bits per heavy atom. The third kappa shape index (κ3) is 4.28. The van der Waals surface area contributed by atoms with E-state index in [2.05, 4.69) is 0 Å². The third-order valence-corrected chi connectivity index (χ3v) is 5.59. The summed E-state index contributed by atoms with van der Waals surface area (Å²) < 4.78 is 0. The molecule has 0 bridgehead atoms. The van der Waals surface area contributed by atoms with Gasteiger partial charge in [0, 0.05) is 17.9 Å². The van der Waals surface area contributed by atoms with Gasteiger partial charge in [-0.3, -0.25) is 9.59 Å². The number of amides is 2. The topological polar surface area (TPSA) is 40.6 Å². The van der Waals surface area contributed by atoms with Crippen LogP contribution >= 0.6 is 0 Å². The predicted molar refractivity (Wildman–Crippen MR) is 120 cm³/mol. The second kappa shape index (κ2) is 8.95. The fourth-order valence-electron chi connectivity index (χ4n) is 3.89. The Labute approximate surface area is 177 Å². The number of para-hydroxylation sites is 2. The first-order chi connectivity index (χ1) is 14.7. The van der Waals surface area contributed by atoms with Crippen molar-refractivity contribution in [3.05, 3.63) is 96.6 Å². The smallest absolute Gasteiger partial charge is 0.231 e. The van der Waals surface area contributed by atoms with Crippen LogP contribution in [0.3, 0.4) is 0 Å². The van der Waals surface area contributed by atoms with Crippen molar-refractivity contribution >= 4 is 23.2 Å². The molecule has 4 nitrogen and oxygen atoms in total. The summed E-state index contributed by atoms with van der Waals surface area (Å²) in [6, 6.07) is 29.3. The fraction of sp³-hybridized carbons (Fsp3) is 0.231. The molecule has 4 rings (SSSR count). The lowest BCUT2D eigenvalue weighted by molar-refractivity contribution is -0.124. The molecule has 3 aromatic carbocycles. The van der Waals surface area contributed by atoms with Crippen LogP contribution in [0, 0.1) is 11.8 Å². The monoisotopic (exact) mass is 398 g/mol. The Balaban J connectivity index is 1.52. The minimum absolute atomic E-state index is 0.0208. The van der Waals surface area contributed by atoms with Gasteiger partial charge in [-0.2, -0.15) is 0 Å². The van der Waals surface area contributed by atoms with Crippen molar-refractivity contribution in [2.24, 2.45) is 11.8 Å². The number of benzene rings is 3. The zero-order valence-electron chi connectivity index (χ0n) is 17.1. The summed E-state index contributed by atoms with van der Waals surface area (Å²) in [6.07, 6.45) is 0.610. The summed E-state index contributed by atoms with van der Waals surface area (Å²) in [5.74, 6) is -0.457. The van der Waals surface area contributed by atoms with Gasteiger partial charge in [-0.25, -0.2) is 0 Å². The van der Waals surface area contributed by atoms with E-state index in [0.29, 0.717) is 19.5 Å². The predicted octanol–water partition coefficient (Wildman–Crippen LogP) is 4.91. The van der Waals surface area contributed by atoms with Crippen molar-refractivity contribution in [3.8, 4) is 0 Å². The van der Waals surface area contributed by atoms with Crippen LogP contribution in [-0.2, 0) is 16.1 Å². The summed E-state index contributed by atoms with van der Waals surface area (Å²) in [5, 5.41) is 0. The molecule has 30 heavy (non-hydrogen) atoms. The van der Waals surface area contributed by atoms with Crippen molar-refractivity contribution < 1.29 is 9.59 Å². The van der Waals surface area contributed by atoms with E-state index in [1.165, 1.54) is 0 Å². The van der Waals surface area contributed by atoms with Gasteiger partial charge in [0.05, 0.1) is 18.4 Å². The highest BCUT2D eigenvalue weighted by molar-refractivity contribution is 6.05. The Bertz CT molecular complexity index is 989. The highest BCUT2D eigenvalue weighted by Gasteiger charge is 2.51. The first-order valence-electron chi connectivity index (χ1n) is 10.5. The van der Waals surface area contributed by atoms with Crippen LogP contribution in [0.15, 0.2) is 91.0 Å². The Morgan fingerprint density at radius 3 is 1.63 bits per heavy atom. The summed E-state index contributed by atoms with van der Waals surface area (Å²) in [4.78, 5) is 30.1. The molecule has 2 amide bonds. The second-order valence-corrected chi connectivity index (χ2v) is 7.61. The lowest BCUT2D eigenvalue weighted by atomic mass is 10.1. The van der Waals surface area contributed by atoms with Gasteiger partial charge < -0.3 is 9.80 Å². The molecule has 0 aliphatic heterocycles. The van der Waals surface area contributed by atoms with Crippen LogP contribution in [0.4, 0.5) is 11.4 Å². The highest BCUT2D eigenvalue weighted by Crippen LogP contribution is 2.43. The molecular weight excluding hydrogens is 372 g/mol. The van der Waals surface area contributed by atoms with Crippen molar-refractivity contribution in [2.75, 3.05) is 16.3 Å². The van der Waals surface area contributed by atoms with E-state index in [9.17, 15) is 9.59 Å². The van der Waals surface area contributed by atoms with Gasteiger partial charge in [-0.1, -0.05) is 66.7 Å². The maximum absolute atomic E-state index is 13.4. The number of carbonyl (C=O) groups is 2. The van der Waals surface area contributed by atoms with Crippen molar-refractivity contribution in [2.45, 2.75) is 19.9 Å². The van der Waals surface area contributed by atoms with E-state index in [-0.39, 0.29) is 23.7 Å². The summed E-state index contributed by atoms with van der Waals surface area (Å²) in [5.41, 5.74) is 2.81. The Kier molecular flexibility index (Phi) is 5.94. The van der Waals surface area contributed by atoms with Gasteiger partial charge in [0.25, 0.3) is 0 Å². The molecule has 3 aromatic rings. The van der Waals surface area contributed by atoms with Gasteiger partial charge in [0.1, 0.15) is 0 Å². The van der Waals surface area contributed by atoms with Gasteiger partial charge >= 0.3 is 0 Å². The minimum Gasteiger partial charge on any atom is -0.312 e. The van der Waals surface area contributed by atoms with E-state index in [1.807, 2.05) is 103 Å². The maximum atomic E-state index is 13.4. The molecule has 152 valence electrons. The van der Waals surface area contributed by atoms with E-state index >= 15 is 0 Å². The Morgan fingerprint density at radius 2 is 1.13 bits per heavy atom. The zero-order valence-corrected chi connectivity index (χ0v) is 17.1. The fourth-order valence-corrected chi connectivity index (χ4v) is 3.89. The lowest BCUT2D eigenvalue weighted by Crippen LogP contribution is -2.36. The van der Waals surface area contributed by atoms with Crippen LogP contribution < -0.4 is 9.80 Å². The molecule has 2 unspecified atom stereocenters. The third-order valence-electron chi connectivity index (χ3n) is 5.59. The molecule has 4 heteroatoms. The van der Waals surface area contributed by atoms with Crippen molar-refractivity contribution in [3.63, 3.8) is 0 Å². The number of nitrogens with zero attached hydrogens (tertiary/aromatic N) is 2. The van der Waals surface area contributed by atoms with Crippen LogP contribution in [0.1, 0.15) is 18.9 Å². The first-order valence-corrected chi connectivity index (χ1v) is 10.5. The van der Waals surface area contributed by atoms with Gasteiger partial charge in [-0.05, 0) is 43.2 Å². The molecular formula is C26H26N2O2. The summed E-state index contributed by atoms with van der Waals surface area (Å²) >= 11 is 0. The van der Waals surface area contributed by atoms with Crippen molar-refractivity contribution in [1.82, 2.24) is 0 Å². The number of hydrogen-bond acceptors (Lipinski definition) is 2. The van der Waals surface area contributed by atoms with Crippen LogP contribution in [0.5, 0.6) is 0 Å². The number of rotatable bonds is 7. The largest absolute Gasteiger partial charge is 0.312 e. The summed E-state index contributed by atoms with van der Waals surface area (Å²) in [7, 11) is 0. The number of carbonyl (C=O) groups excluding carboxylic acids is 2. The molecule has 0 spiro atoms. The standard InChI is InChI=1S/C26H26N2O2/c1-2-27(21-14-8-4-9-15-21)25(29)23-18-24(23)26(30)28(22-16-10-5-11-17-22)19-20-12-6-3-7-13-20/h3-17,23-24H,2,18-19H2,1H3. The van der Waals surface area contributed by atoms with Gasteiger partial charge in [-0.15, -0.1) is 0 Å². The minimum atomic E-state index is -0.265. The lowest BCUT2D eigenvalue weighted by Gasteiger charge is -2.24. The van der Waals surface area contributed by atoms with E-state index in [0.717, 1.165) is 16.9 Å². The van der Waals surface area contributed by atoms with E-state index in [4.69, 9.17) is 0 Å². The molecule has 0 radical (unpaired) electrons. The molecule has 2 atom stereocenters. The summed E-state index contributed by atoms with van der Waals surface area (Å²) in [6.45, 7) is 3.06. The quantitative estimate of drug-likeness (QED) is 0.567. The first kappa shape index (κ1) is 19.9. The zero-order chi connectivity index (χ0) is 20.9. The number of hydrogen-bond donors (Lipinski definition) is 0. The van der Waals surface area contributed by atoms with E-state index in [1.54, 1.807) is 4.90 Å².